The van der Waals surface area contributed by atoms with Crippen molar-refractivity contribution in [2.75, 3.05) is 26.7 Å². The van der Waals surface area contributed by atoms with Gasteiger partial charge in [0.25, 0.3) is 5.91 Å². The van der Waals surface area contributed by atoms with E-state index < -0.39 is 0 Å². The van der Waals surface area contributed by atoms with Crippen molar-refractivity contribution in [2.45, 2.75) is 31.7 Å². The molecule has 4 rings (SSSR count). The minimum Gasteiger partial charge on any atom is -0.496 e. The molecule has 2 aromatic carbocycles. The average Bonchev–Trinajstić information content (AvgIpc) is 3.20. The monoisotopic (exact) mass is 395 g/mol. The number of piperidine rings is 1. The van der Waals surface area contributed by atoms with Gasteiger partial charge >= 0.3 is 0 Å². The van der Waals surface area contributed by atoms with Crippen LogP contribution in [0.4, 0.5) is 4.39 Å². The number of halogens is 1. The number of benzene rings is 2. The predicted octanol–water partition coefficient (Wildman–Crippen LogP) is 4.00. The number of carbonyl (C=O) groups is 1. The highest BCUT2D eigenvalue weighted by Crippen LogP contribution is 2.37. The number of methoxy groups -OCH3 is 1. The Balaban J connectivity index is 1.64. The zero-order valence-electron chi connectivity index (χ0n) is 16.7. The van der Waals surface area contributed by atoms with Gasteiger partial charge in [0, 0.05) is 17.5 Å². The van der Waals surface area contributed by atoms with Crippen molar-refractivity contribution in [3.05, 3.63) is 65.5 Å². The normalized spacial score (nSPS) is 19.9. The van der Waals surface area contributed by atoms with Crippen LogP contribution in [0.5, 0.6) is 5.75 Å². The van der Waals surface area contributed by atoms with Gasteiger partial charge in [-0.15, -0.1) is 0 Å². The molecule has 0 aromatic heterocycles. The quantitative estimate of drug-likeness (QED) is 0.769. The summed E-state index contributed by atoms with van der Waals surface area (Å²) in [5.41, 5.74) is 2.34. The van der Waals surface area contributed by atoms with Gasteiger partial charge in [-0.2, -0.15) is 5.10 Å². The van der Waals surface area contributed by atoms with E-state index in [4.69, 9.17) is 4.74 Å². The van der Waals surface area contributed by atoms with Crippen molar-refractivity contribution in [3.63, 3.8) is 0 Å². The number of hydrogen-bond donors (Lipinski definition) is 0. The van der Waals surface area contributed by atoms with Crippen molar-refractivity contribution < 1.29 is 13.9 Å². The summed E-state index contributed by atoms with van der Waals surface area (Å²) in [7, 11) is 1.63. The van der Waals surface area contributed by atoms with Crippen LogP contribution in [0.1, 0.15) is 42.9 Å². The van der Waals surface area contributed by atoms with Gasteiger partial charge in [-0.1, -0.05) is 36.8 Å². The molecule has 6 heteroatoms. The van der Waals surface area contributed by atoms with E-state index in [1.807, 2.05) is 30.3 Å². The van der Waals surface area contributed by atoms with E-state index in [1.165, 1.54) is 18.6 Å². The summed E-state index contributed by atoms with van der Waals surface area (Å²) >= 11 is 0. The van der Waals surface area contributed by atoms with Crippen molar-refractivity contribution >= 4 is 11.6 Å². The Morgan fingerprint density at radius 3 is 2.69 bits per heavy atom. The van der Waals surface area contributed by atoms with Crippen LogP contribution in [0.2, 0.25) is 0 Å². The molecule has 152 valence electrons. The van der Waals surface area contributed by atoms with E-state index in [9.17, 15) is 9.18 Å². The summed E-state index contributed by atoms with van der Waals surface area (Å²) in [5.74, 6) is 0.385. The van der Waals surface area contributed by atoms with E-state index >= 15 is 0 Å². The van der Waals surface area contributed by atoms with Crippen LogP contribution >= 0.6 is 0 Å². The lowest BCUT2D eigenvalue weighted by Crippen LogP contribution is -2.40. The maximum absolute atomic E-state index is 13.8. The Kier molecular flexibility index (Phi) is 5.90. The van der Waals surface area contributed by atoms with Crippen LogP contribution in [0.25, 0.3) is 0 Å². The van der Waals surface area contributed by atoms with Crippen molar-refractivity contribution in [2.24, 2.45) is 5.10 Å². The molecule has 5 nitrogen and oxygen atoms in total. The number of amides is 1. The second kappa shape index (κ2) is 8.74. The molecule has 0 saturated carbocycles. The number of para-hydroxylation sites is 1. The first-order valence-corrected chi connectivity index (χ1v) is 10.2. The smallest absolute Gasteiger partial charge is 0.257 e. The molecule has 2 aliphatic rings. The van der Waals surface area contributed by atoms with Gasteiger partial charge in [-0.05, 0) is 44.1 Å². The highest BCUT2D eigenvalue weighted by molar-refractivity contribution is 6.03. The van der Waals surface area contributed by atoms with Gasteiger partial charge < -0.3 is 4.74 Å². The lowest BCUT2D eigenvalue weighted by molar-refractivity contribution is -0.134. The molecule has 0 radical (unpaired) electrons. The van der Waals surface area contributed by atoms with E-state index in [-0.39, 0.29) is 17.8 Å². The van der Waals surface area contributed by atoms with Gasteiger partial charge in [0.05, 0.1) is 25.4 Å². The summed E-state index contributed by atoms with van der Waals surface area (Å²) < 4.78 is 19.3. The largest absolute Gasteiger partial charge is 0.496 e. The third kappa shape index (κ3) is 4.32. The molecule has 1 fully saturated rings. The van der Waals surface area contributed by atoms with Crippen LogP contribution in [0, 0.1) is 5.82 Å². The van der Waals surface area contributed by atoms with Gasteiger partial charge in [0.2, 0.25) is 0 Å². The molecule has 29 heavy (non-hydrogen) atoms. The van der Waals surface area contributed by atoms with Crippen LogP contribution < -0.4 is 4.74 Å². The Labute approximate surface area is 170 Å². The molecule has 2 aromatic rings. The fraction of sp³-hybridized carbons (Fsp3) is 0.391. The molecular weight excluding hydrogens is 369 g/mol. The highest BCUT2D eigenvalue weighted by atomic mass is 19.1. The zero-order chi connectivity index (χ0) is 20.2. The molecule has 0 N–H and O–H groups in total. The van der Waals surface area contributed by atoms with Crippen LogP contribution in [0.15, 0.2) is 53.6 Å². The summed E-state index contributed by atoms with van der Waals surface area (Å²) in [4.78, 5) is 15.4. The van der Waals surface area contributed by atoms with Crippen LogP contribution in [0.3, 0.4) is 0 Å². The Morgan fingerprint density at radius 1 is 1.14 bits per heavy atom. The number of nitrogens with zero attached hydrogens (tertiary/aromatic N) is 3. The molecule has 1 atom stereocenters. The van der Waals surface area contributed by atoms with Crippen molar-refractivity contribution in [1.29, 1.82) is 0 Å². The fourth-order valence-electron chi connectivity index (χ4n) is 4.15. The highest BCUT2D eigenvalue weighted by Gasteiger charge is 2.35. The molecule has 1 amide bonds. The average molecular weight is 395 g/mol. The molecule has 2 heterocycles. The first-order chi connectivity index (χ1) is 14.2. The van der Waals surface area contributed by atoms with Crippen molar-refractivity contribution in [1.82, 2.24) is 9.91 Å². The number of hydrogen-bond acceptors (Lipinski definition) is 4. The molecule has 1 saturated heterocycles. The van der Waals surface area contributed by atoms with E-state index in [0.717, 1.165) is 37.2 Å². The molecule has 0 unspecified atom stereocenters. The Morgan fingerprint density at radius 2 is 1.93 bits per heavy atom. The maximum atomic E-state index is 13.8. The molecule has 0 aliphatic carbocycles. The molecule has 2 aliphatic heterocycles. The standard InChI is InChI=1S/C23H26FN3O2/c1-29-22-11-4-3-10-19(22)21-15-20(17-8-7-9-18(24)14-17)25-27(21)23(28)16-26-12-5-2-6-13-26/h3-4,7-11,14,21H,2,5-6,12-13,15-16H2,1H3/t21-/m1/s1. The second-order valence-corrected chi connectivity index (χ2v) is 7.59. The second-order valence-electron chi connectivity index (χ2n) is 7.59. The van der Waals surface area contributed by atoms with Gasteiger partial charge in [0.1, 0.15) is 11.6 Å². The Hall–Kier alpha value is -2.73. The number of rotatable bonds is 5. The fourth-order valence-corrected chi connectivity index (χ4v) is 4.15. The lowest BCUT2D eigenvalue weighted by atomic mass is 9.97. The number of hydrazone groups is 1. The summed E-state index contributed by atoms with van der Waals surface area (Å²) in [5, 5.41) is 6.23. The lowest BCUT2D eigenvalue weighted by Gasteiger charge is -2.29. The zero-order valence-corrected chi connectivity index (χ0v) is 16.7. The minimum absolute atomic E-state index is 0.0331. The molecule has 0 bridgehead atoms. The number of ether oxygens (including phenoxy) is 1. The van der Waals surface area contributed by atoms with Gasteiger partial charge in [-0.3, -0.25) is 9.69 Å². The van der Waals surface area contributed by atoms with E-state index in [1.54, 1.807) is 18.2 Å². The first kappa shape index (κ1) is 19.6. The van der Waals surface area contributed by atoms with Crippen molar-refractivity contribution in [3.8, 4) is 5.75 Å². The number of carbonyl (C=O) groups excluding carboxylic acids is 1. The summed E-state index contributed by atoms with van der Waals surface area (Å²) in [6.07, 6.45) is 4.00. The summed E-state index contributed by atoms with van der Waals surface area (Å²) in [6.45, 7) is 2.24. The third-order valence-electron chi connectivity index (χ3n) is 5.63. The van der Waals surface area contributed by atoms with E-state index in [2.05, 4.69) is 10.0 Å². The predicted molar refractivity (Wildman–Crippen MR) is 110 cm³/mol. The minimum atomic E-state index is -0.308. The van der Waals surface area contributed by atoms with E-state index in [0.29, 0.717) is 24.2 Å². The first-order valence-electron chi connectivity index (χ1n) is 10.2. The molecular formula is C23H26FN3O2. The third-order valence-corrected chi connectivity index (χ3v) is 5.63. The Bertz CT molecular complexity index is 909. The van der Waals surface area contributed by atoms with Crippen LogP contribution in [-0.2, 0) is 4.79 Å². The SMILES string of the molecule is COc1ccccc1[C@H]1CC(c2cccc(F)c2)=NN1C(=O)CN1CCCCC1. The van der Waals surface area contributed by atoms with Crippen LogP contribution in [-0.4, -0.2) is 48.3 Å². The maximum Gasteiger partial charge on any atom is 0.257 e. The molecule has 0 spiro atoms. The van der Waals surface area contributed by atoms with Gasteiger partial charge in [-0.25, -0.2) is 9.40 Å². The van der Waals surface area contributed by atoms with Gasteiger partial charge in [0.15, 0.2) is 0 Å². The number of likely N-dealkylation sites (tertiary alicyclic amines) is 1. The topological polar surface area (TPSA) is 45.1 Å². The summed E-state index contributed by atoms with van der Waals surface area (Å²) in [6, 6.07) is 13.8.